The van der Waals surface area contributed by atoms with Crippen LogP contribution in [-0.2, 0) is 20.6 Å². The third-order valence-corrected chi connectivity index (χ3v) is 8.07. The van der Waals surface area contributed by atoms with Crippen LogP contribution in [0.1, 0.15) is 22.7 Å². The molecule has 0 radical (unpaired) electrons. The highest BCUT2D eigenvalue weighted by molar-refractivity contribution is 7.88. The second-order valence-corrected chi connectivity index (χ2v) is 10.5. The topological polar surface area (TPSA) is 79.0 Å². The molecule has 1 saturated heterocycles. The van der Waals surface area contributed by atoms with Crippen molar-refractivity contribution in [3.8, 4) is 5.75 Å². The predicted octanol–water partition coefficient (Wildman–Crippen LogP) is 3.05. The van der Waals surface area contributed by atoms with Crippen molar-refractivity contribution in [1.82, 2.24) is 14.5 Å². The summed E-state index contributed by atoms with van der Waals surface area (Å²) in [6.45, 7) is 1.53. The zero-order valence-corrected chi connectivity index (χ0v) is 20.7. The molecule has 1 N–H and O–H groups in total. The third kappa shape index (κ3) is 6.48. The molecule has 1 aliphatic rings. The highest BCUT2D eigenvalue weighted by atomic mass is 32.2. The van der Waals surface area contributed by atoms with E-state index in [-0.39, 0.29) is 24.2 Å². The lowest BCUT2D eigenvalue weighted by Crippen LogP contribution is -2.52. The molecule has 0 unspecified atom stereocenters. The van der Waals surface area contributed by atoms with E-state index in [1.807, 2.05) is 84.9 Å². The smallest absolute Gasteiger partial charge is 0.236 e. The number of piperazine rings is 1. The SMILES string of the molecule is COc1ccc([C@@H](NCC(=O)N2CCN(S(=O)(=O)Cc3ccccc3)CC2)c2ccccc2)cc1. The van der Waals surface area contributed by atoms with Crippen molar-refractivity contribution in [3.05, 3.63) is 102 Å². The molecule has 35 heavy (non-hydrogen) atoms. The minimum Gasteiger partial charge on any atom is -0.497 e. The van der Waals surface area contributed by atoms with Crippen LogP contribution >= 0.6 is 0 Å². The first kappa shape index (κ1) is 24.9. The normalized spacial score (nSPS) is 15.5. The van der Waals surface area contributed by atoms with Crippen molar-refractivity contribution in [2.24, 2.45) is 0 Å². The number of nitrogens with zero attached hydrogens (tertiary/aromatic N) is 2. The van der Waals surface area contributed by atoms with Crippen LogP contribution in [0.5, 0.6) is 5.75 Å². The van der Waals surface area contributed by atoms with Gasteiger partial charge in [0.1, 0.15) is 5.75 Å². The maximum absolute atomic E-state index is 13.0. The van der Waals surface area contributed by atoms with Gasteiger partial charge in [-0.3, -0.25) is 10.1 Å². The van der Waals surface area contributed by atoms with Gasteiger partial charge in [-0.05, 0) is 28.8 Å². The summed E-state index contributed by atoms with van der Waals surface area (Å²) in [6, 6.07) is 26.8. The number of hydrogen-bond donors (Lipinski definition) is 1. The van der Waals surface area contributed by atoms with E-state index in [4.69, 9.17) is 4.74 Å². The van der Waals surface area contributed by atoms with Crippen LogP contribution in [0.3, 0.4) is 0 Å². The van der Waals surface area contributed by atoms with Crippen LogP contribution in [0.25, 0.3) is 0 Å². The van der Waals surface area contributed by atoms with Gasteiger partial charge in [0.15, 0.2) is 0 Å². The molecule has 4 rings (SSSR count). The van der Waals surface area contributed by atoms with Crippen molar-refractivity contribution in [2.45, 2.75) is 11.8 Å². The van der Waals surface area contributed by atoms with Crippen LogP contribution in [0.4, 0.5) is 0 Å². The summed E-state index contributed by atoms with van der Waals surface area (Å²) < 4.78 is 32.4. The second kappa shape index (κ2) is 11.5. The molecule has 8 heteroatoms. The van der Waals surface area contributed by atoms with E-state index in [1.54, 1.807) is 12.0 Å². The summed E-state index contributed by atoms with van der Waals surface area (Å²) in [6.07, 6.45) is 0. The lowest BCUT2D eigenvalue weighted by atomic mass is 9.98. The van der Waals surface area contributed by atoms with Gasteiger partial charge in [-0.2, -0.15) is 4.31 Å². The Kier molecular flexibility index (Phi) is 8.17. The monoisotopic (exact) mass is 493 g/mol. The molecule has 1 amide bonds. The van der Waals surface area contributed by atoms with E-state index in [1.165, 1.54) is 4.31 Å². The molecule has 1 fully saturated rings. The minimum atomic E-state index is -3.42. The van der Waals surface area contributed by atoms with Crippen LogP contribution in [0.2, 0.25) is 0 Å². The van der Waals surface area contributed by atoms with Crippen LogP contribution in [0.15, 0.2) is 84.9 Å². The number of ether oxygens (including phenoxy) is 1. The van der Waals surface area contributed by atoms with Crippen molar-refractivity contribution in [2.75, 3.05) is 39.8 Å². The number of sulfonamides is 1. The Morgan fingerprint density at radius 1 is 0.857 bits per heavy atom. The van der Waals surface area contributed by atoms with Crippen molar-refractivity contribution in [1.29, 1.82) is 0 Å². The Morgan fingerprint density at radius 3 is 2.03 bits per heavy atom. The molecule has 184 valence electrons. The fourth-order valence-corrected chi connectivity index (χ4v) is 5.78. The number of rotatable bonds is 9. The lowest BCUT2D eigenvalue weighted by molar-refractivity contribution is -0.131. The summed E-state index contributed by atoms with van der Waals surface area (Å²) in [4.78, 5) is 14.7. The van der Waals surface area contributed by atoms with Gasteiger partial charge in [0.2, 0.25) is 15.9 Å². The standard InChI is InChI=1S/C27H31N3O4S/c1-34-25-14-12-24(13-15-25)27(23-10-6-3-7-11-23)28-20-26(31)29-16-18-30(19-17-29)35(32,33)21-22-8-4-2-5-9-22/h2-15,27-28H,16-21H2,1H3/t27-/m0/s1. The third-order valence-electron chi connectivity index (χ3n) is 6.22. The Hall–Kier alpha value is -3.20. The fourth-order valence-electron chi connectivity index (χ4n) is 4.26. The van der Waals surface area contributed by atoms with Gasteiger partial charge in [0.05, 0.1) is 25.4 Å². The van der Waals surface area contributed by atoms with Gasteiger partial charge in [0.25, 0.3) is 0 Å². The first-order chi connectivity index (χ1) is 17.0. The molecule has 0 bridgehead atoms. The first-order valence-corrected chi connectivity index (χ1v) is 13.3. The number of carbonyl (C=O) groups is 1. The number of methoxy groups -OCH3 is 1. The molecule has 1 heterocycles. The largest absolute Gasteiger partial charge is 0.497 e. The number of carbonyl (C=O) groups excluding carboxylic acids is 1. The zero-order valence-electron chi connectivity index (χ0n) is 19.8. The highest BCUT2D eigenvalue weighted by Gasteiger charge is 2.29. The van der Waals surface area contributed by atoms with Crippen molar-refractivity contribution >= 4 is 15.9 Å². The maximum Gasteiger partial charge on any atom is 0.236 e. The molecule has 0 aromatic heterocycles. The van der Waals surface area contributed by atoms with E-state index in [0.717, 1.165) is 22.4 Å². The summed E-state index contributed by atoms with van der Waals surface area (Å²) in [5.74, 6) is 0.709. The predicted molar refractivity (Wildman–Crippen MR) is 137 cm³/mol. The van der Waals surface area contributed by atoms with Gasteiger partial charge in [-0.1, -0.05) is 72.8 Å². The molecule has 7 nitrogen and oxygen atoms in total. The second-order valence-electron chi connectivity index (χ2n) is 8.52. The first-order valence-electron chi connectivity index (χ1n) is 11.7. The number of amides is 1. The van der Waals surface area contributed by atoms with E-state index in [0.29, 0.717) is 26.2 Å². The Balaban J connectivity index is 1.35. The van der Waals surface area contributed by atoms with Gasteiger partial charge in [-0.15, -0.1) is 0 Å². The summed E-state index contributed by atoms with van der Waals surface area (Å²) in [7, 11) is -1.79. The number of nitrogens with one attached hydrogen (secondary N) is 1. The molecule has 0 spiro atoms. The van der Waals surface area contributed by atoms with E-state index < -0.39 is 10.0 Å². The quantitative estimate of drug-likeness (QED) is 0.496. The molecule has 3 aromatic carbocycles. The summed E-state index contributed by atoms with van der Waals surface area (Å²) >= 11 is 0. The van der Waals surface area contributed by atoms with E-state index >= 15 is 0 Å². The Bertz CT molecular complexity index is 1190. The average Bonchev–Trinajstić information content (AvgIpc) is 2.90. The molecular weight excluding hydrogens is 462 g/mol. The van der Waals surface area contributed by atoms with Gasteiger partial charge in [-0.25, -0.2) is 8.42 Å². The molecule has 0 aliphatic carbocycles. The van der Waals surface area contributed by atoms with Gasteiger partial charge < -0.3 is 9.64 Å². The van der Waals surface area contributed by atoms with E-state index in [2.05, 4.69) is 5.32 Å². The summed E-state index contributed by atoms with van der Waals surface area (Å²) in [5.41, 5.74) is 2.85. The molecule has 1 aliphatic heterocycles. The van der Waals surface area contributed by atoms with Gasteiger partial charge >= 0.3 is 0 Å². The average molecular weight is 494 g/mol. The molecule has 1 atom stereocenters. The Labute approximate surface area is 207 Å². The lowest BCUT2D eigenvalue weighted by Gasteiger charge is -2.34. The fraction of sp³-hybridized carbons (Fsp3) is 0.296. The van der Waals surface area contributed by atoms with Crippen molar-refractivity contribution < 1.29 is 17.9 Å². The highest BCUT2D eigenvalue weighted by Crippen LogP contribution is 2.24. The van der Waals surface area contributed by atoms with Crippen LogP contribution in [0, 0.1) is 0 Å². The van der Waals surface area contributed by atoms with E-state index in [9.17, 15) is 13.2 Å². The minimum absolute atomic E-state index is 0.0239. The van der Waals surface area contributed by atoms with Crippen molar-refractivity contribution in [3.63, 3.8) is 0 Å². The maximum atomic E-state index is 13.0. The molecule has 3 aromatic rings. The Morgan fingerprint density at radius 2 is 1.43 bits per heavy atom. The zero-order chi connectivity index (χ0) is 24.7. The molecular formula is C27H31N3O4S. The molecule has 0 saturated carbocycles. The number of hydrogen-bond acceptors (Lipinski definition) is 5. The van der Waals surface area contributed by atoms with Gasteiger partial charge in [0, 0.05) is 26.2 Å². The van der Waals surface area contributed by atoms with Crippen LogP contribution < -0.4 is 10.1 Å². The number of benzene rings is 3. The summed E-state index contributed by atoms with van der Waals surface area (Å²) in [5, 5.41) is 3.40. The van der Waals surface area contributed by atoms with Crippen LogP contribution in [-0.4, -0.2) is 63.4 Å².